The zero-order valence-electron chi connectivity index (χ0n) is 15.5. The molecule has 1 heterocycles. The second-order valence-corrected chi connectivity index (χ2v) is 7.12. The molecule has 4 nitrogen and oxygen atoms in total. The first-order chi connectivity index (χ1) is 12.6. The number of hydrogen-bond acceptors (Lipinski definition) is 3. The van der Waals surface area contributed by atoms with Crippen molar-refractivity contribution in [3.63, 3.8) is 0 Å². The highest BCUT2D eigenvalue weighted by Gasteiger charge is 2.21. The van der Waals surface area contributed by atoms with Gasteiger partial charge in [0, 0.05) is 24.2 Å². The molecule has 0 amide bonds. The van der Waals surface area contributed by atoms with Gasteiger partial charge in [0.05, 0.1) is 5.69 Å². The largest absolute Gasteiger partial charge is 0.473 e. The van der Waals surface area contributed by atoms with Crippen LogP contribution in [-0.2, 0) is 19.7 Å². The lowest BCUT2D eigenvalue weighted by molar-refractivity contribution is 0.240. The first kappa shape index (κ1) is 18.8. The zero-order valence-corrected chi connectivity index (χ0v) is 15.5. The van der Waals surface area contributed by atoms with Gasteiger partial charge in [-0.2, -0.15) is 5.10 Å². The molecule has 6 heteroatoms. The second kappa shape index (κ2) is 8.62. The number of nitrogens with one attached hydrogen (secondary N) is 1. The fourth-order valence-corrected chi connectivity index (χ4v) is 3.64. The molecule has 1 aromatic heterocycles. The van der Waals surface area contributed by atoms with E-state index in [4.69, 9.17) is 9.84 Å². The van der Waals surface area contributed by atoms with Crippen LogP contribution in [0.25, 0.3) is 0 Å². The Hall–Kier alpha value is -1.95. The number of halogens is 2. The maximum Gasteiger partial charge on any atom is 0.215 e. The Balaban J connectivity index is 1.80. The van der Waals surface area contributed by atoms with E-state index >= 15 is 0 Å². The summed E-state index contributed by atoms with van der Waals surface area (Å²) in [5, 5.41) is 7.83. The number of aromatic nitrogens is 2. The molecule has 1 N–H and O–H groups in total. The van der Waals surface area contributed by atoms with Crippen LogP contribution in [0.1, 0.15) is 48.9 Å². The molecule has 0 aliphatic heterocycles. The second-order valence-electron chi connectivity index (χ2n) is 7.12. The summed E-state index contributed by atoms with van der Waals surface area (Å²) in [6, 6.07) is 3.43. The average molecular weight is 363 g/mol. The molecule has 1 fully saturated rings. The van der Waals surface area contributed by atoms with Crippen molar-refractivity contribution in [3.05, 3.63) is 46.7 Å². The van der Waals surface area contributed by atoms with E-state index in [1.54, 1.807) is 0 Å². The quantitative estimate of drug-likeness (QED) is 0.795. The number of hydrogen-bond donors (Lipinski definition) is 1. The summed E-state index contributed by atoms with van der Waals surface area (Å²) in [7, 11) is 1.88. The van der Waals surface area contributed by atoms with Gasteiger partial charge in [-0.05, 0) is 50.9 Å². The molecule has 0 radical (unpaired) electrons. The lowest BCUT2D eigenvalue weighted by Crippen LogP contribution is -2.17. The Labute approximate surface area is 153 Å². The van der Waals surface area contributed by atoms with Crippen LogP contribution in [0.3, 0.4) is 0 Å². The first-order valence-electron chi connectivity index (χ1n) is 9.36. The lowest BCUT2D eigenvalue weighted by atomic mass is 9.89. The Morgan fingerprint density at radius 1 is 1.23 bits per heavy atom. The number of ether oxygens (including phenoxy) is 1. The highest BCUT2D eigenvalue weighted by molar-refractivity contribution is 5.31. The Kier molecular flexibility index (Phi) is 6.25. The van der Waals surface area contributed by atoms with Crippen LogP contribution < -0.4 is 10.1 Å². The molecule has 0 unspecified atom stereocenters. The van der Waals surface area contributed by atoms with Gasteiger partial charge in [0.2, 0.25) is 5.88 Å². The monoisotopic (exact) mass is 363 g/mol. The minimum atomic E-state index is -0.465. The van der Waals surface area contributed by atoms with Crippen molar-refractivity contribution in [2.75, 3.05) is 7.05 Å². The highest BCUT2D eigenvalue weighted by Crippen LogP contribution is 2.29. The van der Waals surface area contributed by atoms with Crippen molar-refractivity contribution < 1.29 is 13.5 Å². The van der Waals surface area contributed by atoms with E-state index in [1.807, 2.05) is 18.7 Å². The van der Waals surface area contributed by atoms with Gasteiger partial charge in [-0.3, -0.25) is 0 Å². The van der Waals surface area contributed by atoms with Crippen LogP contribution in [0.15, 0.2) is 18.2 Å². The molecule has 1 aliphatic carbocycles. The van der Waals surface area contributed by atoms with Crippen molar-refractivity contribution in [1.29, 1.82) is 0 Å². The van der Waals surface area contributed by atoms with Crippen LogP contribution in [-0.4, -0.2) is 16.8 Å². The number of rotatable bonds is 7. The van der Waals surface area contributed by atoms with Crippen molar-refractivity contribution in [3.8, 4) is 5.88 Å². The summed E-state index contributed by atoms with van der Waals surface area (Å²) in [6.45, 7) is 3.41. The van der Waals surface area contributed by atoms with Crippen LogP contribution >= 0.6 is 0 Å². The lowest BCUT2D eigenvalue weighted by Gasteiger charge is -2.22. The van der Waals surface area contributed by atoms with Gasteiger partial charge in [-0.25, -0.2) is 13.5 Å². The highest BCUT2D eigenvalue weighted by atomic mass is 19.1. The predicted octanol–water partition coefficient (Wildman–Crippen LogP) is 4.35. The molecule has 2 aromatic rings. The average Bonchev–Trinajstić information content (AvgIpc) is 2.92. The normalized spacial score (nSPS) is 15.4. The molecule has 3 rings (SSSR count). The standard InChI is InChI=1S/C20H27F2N3O/c1-14-19(11-23-2)24-25(12-15-6-4-3-5-7-15)20(14)26-13-16-10-17(21)8-9-18(16)22/h8-10,15,23H,3-7,11-13H2,1-2H3. The fourth-order valence-electron chi connectivity index (χ4n) is 3.64. The maximum absolute atomic E-state index is 13.9. The summed E-state index contributed by atoms with van der Waals surface area (Å²) in [6.07, 6.45) is 6.25. The van der Waals surface area contributed by atoms with Crippen LogP contribution in [0, 0.1) is 24.5 Å². The molecular formula is C20H27F2N3O. The number of nitrogens with zero attached hydrogens (tertiary/aromatic N) is 2. The fraction of sp³-hybridized carbons (Fsp3) is 0.550. The van der Waals surface area contributed by atoms with Crippen molar-refractivity contribution in [1.82, 2.24) is 15.1 Å². The van der Waals surface area contributed by atoms with Crippen LogP contribution in [0.5, 0.6) is 5.88 Å². The summed E-state index contributed by atoms with van der Waals surface area (Å²) in [5.74, 6) is 0.328. The Morgan fingerprint density at radius 3 is 2.73 bits per heavy atom. The van der Waals surface area contributed by atoms with Gasteiger partial charge in [-0.1, -0.05) is 19.3 Å². The van der Waals surface area contributed by atoms with Crippen molar-refractivity contribution in [2.45, 2.75) is 58.7 Å². The summed E-state index contributed by atoms with van der Waals surface area (Å²) >= 11 is 0. The van der Waals surface area contributed by atoms with E-state index in [2.05, 4.69) is 5.32 Å². The molecule has 142 valence electrons. The van der Waals surface area contributed by atoms with E-state index in [1.165, 1.54) is 38.2 Å². The smallest absolute Gasteiger partial charge is 0.215 e. The number of benzene rings is 1. The summed E-state index contributed by atoms with van der Waals surface area (Å²) < 4.78 is 35.1. The summed E-state index contributed by atoms with van der Waals surface area (Å²) in [4.78, 5) is 0. The Morgan fingerprint density at radius 2 is 2.00 bits per heavy atom. The third-order valence-electron chi connectivity index (χ3n) is 5.10. The molecule has 0 spiro atoms. The van der Waals surface area contributed by atoms with Gasteiger partial charge in [0.25, 0.3) is 0 Å². The maximum atomic E-state index is 13.9. The molecule has 26 heavy (non-hydrogen) atoms. The minimum Gasteiger partial charge on any atom is -0.473 e. The van der Waals surface area contributed by atoms with Gasteiger partial charge >= 0.3 is 0 Å². The third-order valence-corrected chi connectivity index (χ3v) is 5.10. The molecular weight excluding hydrogens is 336 g/mol. The SMILES string of the molecule is CNCc1nn(CC2CCCCC2)c(OCc2cc(F)ccc2F)c1C. The van der Waals surface area contributed by atoms with Crippen LogP contribution in [0.4, 0.5) is 8.78 Å². The zero-order chi connectivity index (χ0) is 18.5. The molecule has 1 saturated carbocycles. The van der Waals surface area contributed by atoms with Gasteiger partial charge < -0.3 is 10.1 Å². The van der Waals surface area contributed by atoms with Crippen LogP contribution in [0.2, 0.25) is 0 Å². The van der Waals surface area contributed by atoms with Crippen molar-refractivity contribution in [2.24, 2.45) is 5.92 Å². The molecule has 1 aromatic carbocycles. The molecule has 0 atom stereocenters. The summed E-state index contributed by atoms with van der Waals surface area (Å²) in [5.41, 5.74) is 2.09. The molecule has 1 aliphatic rings. The topological polar surface area (TPSA) is 39.1 Å². The van der Waals surface area contributed by atoms with Gasteiger partial charge in [0.1, 0.15) is 18.2 Å². The van der Waals surface area contributed by atoms with E-state index < -0.39 is 11.6 Å². The predicted molar refractivity (Wildman–Crippen MR) is 97.0 cm³/mol. The van der Waals surface area contributed by atoms with E-state index in [9.17, 15) is 8.78 Å². The van der Waals surface area contributed by atoms with Crippen molar-refractivity contribution >= 4 is 0 Å². The minimum absolute atomic E-state index is 0.0141. The molecule has 0 saturated heterocycles. The first-order valence-corrected chi connectivity index (χ1v) is 9.36. The van der Waals surface area contributed by atoms with Gasteiger partial charge in [0.15, 0.2) is 0 Å². The van der Waals surface area contributed by atoms with Gasteiger partial charge in [-0.15, -0.1) is 0 Å². The van der Waals surface area contributed by atoms with E-state index in [0.29, 0.717) is 18.3 Å². The molecule has 0 bridgehead atoms. The van der Waals surface area contributed by atoms with E-state index in [0.717, 1.165) is 29.9 Å². The van der Waals surface area contributed by atoms with E-state index in [-0.39, 0.29) is 12.2 Å². The third kappa shape index (κ3) is 4.41. The Bertz CT molecular complexity index is 739.